The van der Waals surface area contributed by atoms with Crippen molar-refractivity contribution in [2.24, 2.45) is 0 Å². The molecule has 2 aromatic rings. The van der Waals surface area contributed by atoms with Crippen LogP contribution in [0.3, 0.4) is 0 Å². The van der Waals surface area contributed by atoms with E-state index in [-0.39, 0.29) is 0 Å². The fraction of sp³-hybridized carbons (Fsp3) is 0.0769. The molecule has 0 spiro atoms. The molecule has 0 N–H and O–H groups in total. The zero-order valence-electron chi connectivity index (χ0n) is 8.90. The van der Waals surface area contributed by atoms with Gasteiger partial charge >= 0.3 is 30.0 Å². The second kappa shape index (κ2) is 8.49. The average Bonchev–Trinajstić information content (AvgIpc) is 2.41. The van der Waals surface area contributed by atoms with Gasteiger partial charge in [-0.3, -0.25) is 0 Å². The molecule has 0 fully saturated rings. The Labute approximate surface area is 113 Å². The molecule has 0 aliphatic heterocycles. The SMILES string of the molecule is [Zn+][Br].[c-]1ccccc1COc1ccccc1. The number of hydrogen-bond acceptors (Lipinski definition) is 1. The van der Waals surface area contributed by atoms with Crippen LogP contribution in [-0.4, -0.2) is 0 Å². The molecule has 16 heavy (non-hydrogen) atoms. The molecule has 0 aromatic heterocycles. The van der Waals surface area contributed by atoms with Gasteiger partial charge in [-0.05, 0) is 12.1 Å². The minimum absolute atomic E-state index is 0.574. The van der Waals surface area contributed by atoms with Crippen LogP contribution in [0.5, 0.6) is 5.75 Å². The van der Waals surface area contributed by atoms with E-state index in [1.165, 1.54) is 16.3 Å². The first kappa shape index (κ1) is 13.4. The Kier molecular flexibility index (Phi) is 7.12. The summed E-state index contributed by atoms with van der Waals surface area (Å²) in [6.45, 7) is 0.574. The molecule has 2 rings (SSSR count). The summed E-state index contributed by atoms with van der Waals surface area (Å²) in [7, 11) is 0. The van der Waals surface area contributed by atoms with Crippen LogP contribution in [0, 0.1) is 6.07 Å². The predicted octanol–water partition coefficient (Wildman–Crippen LogP) is 3.91. The van der Waals surface area contributed by atoms with Crippen LogP contribution in [-0.2, 0) is 22.9 Å². The van der Waals surface area contributed by atoms with Crippen LogP contribution >= 0.6 is 13.6 Å². The number of ether oxygens (including phenoxy) is 1. The van der Waals surface area contributed by atoms with Gasteiger partial charge in [-0.1, -0.05) is 18.2 Å². The molecule has 0 aliphatic rings. The zero-order valence-corrected chi connectivity index (χ0v) is 13.4. The third kappa shape index (κ3) is 4.91. The minimum Gasteiger partial charge on any atom is -0.491 e. The molecule has 78 valence electrons. The summed E-state index contributed by atoms with van der Waals surface area (Å²) < 4.78 is 5.56. The second-order valence-corrected chi connectivity index (χ2v) is 2.99. The maximum absolute atomic E-state index is 5.56. The monoisotopic (exact) mass is 326 g/mol. The molecule has 0 atom stereocenters. The Morgan fingerprint density at radius 1 is 1.00 bits per heavy atom. The van der Waals surface area contributed by atoms with Gasteiger partial charge < -0.3 is 4.74 Å². The summed E-state index contributed by atoms with van der Waals surface area (Å²) >= 11 is 4.25. The molecule has 0 heterocycles. The molecule has 3 heteroatoms. The molecule has 0 saturated carbocycles. The van der Waals surface area contributed by atoms with Crippen LogP contribution in [0.2, 0.25) is 0 Å². The van der Waals surface area contributed by atoms with Crippen LogP contribution < -0.4 is 4.74 Å². The van der Waals surface area contributed by atoms with Gasteiger partial charge in [0.2, 0.25) is 0 Å². The van der Waals surface area contributed by atoms with E-state index >= 15 is 0 Å². The molecule has 0 unspecified atom stereocenters. The van der Waals surface area contributed by atoms with Gasteiger partial charge in [0.05, 0.1) is 6.61 Å². The van der Waals surface area contributed by atoms with E-state index in [0.29, 0.717) is 6.61 Å². The van der Waals surface area contributed by atoms with Crippen molar-refractivity contribution in [3.63, 3.8) is 0 Å². The summed E-state index contributed by atoms with van der Waals surface area (Å²) in [5, 5.41) is 0. The minimum atomic E-state index is 0.574. The zero-order chi connectivity index (χ0) is 11.6. The van der Waals surface area contributed by atoms with Crippen LogP contribution in [0.1, 0.15) is 5.56 Å². The molecule has 0 aliphatic carbocycles. The maximum Gasteiger partial charge on any atom is 0.119 e. The summed E-state index contributed by atoms with van der Waals surface area (Å²) in [5.41, 5.74) is 1.07. The standard InChI is InChI=1S/C13H11O.BrH.Zn/c1-3-7-12(8-4-1)11-14-13-9-5-2-6-10-13;;/h1-7,9-10H,11H2;1H;/q-1;;+2/p-1. The van der Waals surface area contributed by atoms with Gasteiger partial charge in [0.15, 0.2) is 0 Å². The summed E-state index contributed by atoms with van der Waals surface area (Å²) in [5.74, 6) is 0.893. The topological polar surface area (TPSA) is 9.23 Å². The number of halogens is 1. The fourth-order valence-corrected chi connectivity index (χ4v) is 1.20. The van der Waals surface area contributed by atoms with Crippen molar-refractivity contribution in [3.05, 3.63) is 66.2 Å². The van der Waals surface area contributed by atoms with Crippen molar-refractivity contribution in [3.8, 4) is 5.75 Å². The smallest absolute Gasteiger partial charge is 0.119 e. The van der Waals surface area contributed by atoms with Crippen LogP contribution in [0.4, 0.5) is 0 Å². The van der Waals surface area contributed by atoms with E-state index < -0.39 is 0 Å². The van der Waals surface area contributed by atoms with E-state index in [2.05, 4.69) is 19.7 Å². The molecular weight excluding hydrogens is 317 g/mol. The average molecular weight is 329 g/mol. The van der Waals surface area contributed by atoms with Crippen molar-refractivity contribution < 1.29 is 21.1 Å². The Bertz CT molecular complexity index is 338. The molecule has 0 bridgehead atoms. The van der Waals surface area contributed by atoms with E-state index in [9.17, 15) is 0 Å². The molecule has 1 nitrogen and oxygen atoms in total. The van der Waals surface area contributed by atoms with Crippen molar-refractivity contribution >= 4 is 13.6 Å². The fourth-order valence-electron chi connectivity index (χ4n) is 1.20. The van der Waals surface area contributed by atoms with Crippen LogP contribution in [0.15, 0.2) is 54.6 Å². The van der Waals surface area contributed by atoms with E-state index in [4.69, 9.17) is 4.74 Å². The summed E-state index contributed by atoms with van der Waals surface area (Å²) in [4.78, 5) is 0. The van der Waals surface area contributed by atoms with E-state index in [0.717, 1.165) is 11.3 Å². The van der Waals surface area contributed by atoms with Gasteiger partial charge in [-0.15, -0.1) is 5.56 Å². The summed E-state index contributed by atoms with van der Waals surface area (Å²) in [6, 6.07) is 20.7. The van der Waals surface area contributed by atoms with Gasteiger partial charge in [0.25, 0.3) is 0 Å². The molecular formula is C13H11BrOZn. The Morgan fingerprint density at radius 2 is 1.69 bits per heavy atom. The van der Waals surface area contributed by atoms with Crippen molar-refractivity contribution in [1.29, 1.82) is 0 Å². The molecule has 0 radical (unpaired) electrons. The first-order chi connectivity index (χ1) is 7.95. The Balaban J connectivity index is 0.000000606. The van der Waals surface area contributed by atoms with Crippen molar-refractivity contribution in [2.45, 2.75) is 6.61 Å². The van der Waals surface area contributed by atoms with Gasteiger partial charge in [0, 0.05) is 0 Å². The molecule has 0 saturated heterocycles. The van der Waals surface area contributed by atoms with Crippen molar-refractivity contribution in [2.75, 3.05) is 0 Å². The first-order valence-corrected chi connectivity index (χ1v) is 11.8. The molecule has 2 aromatic carbocycles. The largest absolute Gasteiger partial charge is 0.491 e. The Hall–Kier alpha value is -0.657. The first-order valence-electron chi connectivity index (χ1n) is 4.85. The third-order valence-corrected chi connectivity index (χ3v) is 1.91. The van der Waals surface area contributed by atoms with Gasteiger partial charge in [0.1, 0.15) is 5.75 Å². The number of rotatable bonds is 3. The van der Waals surface area contributed by atoms with Crippen LogP contribution in [0.25, 0.3) is 0 Å². The summed E-state index contributed by atoms with van der Waals surface area (Å²) in [6.07, 6.45) is 0. The maximum atomic E-state index is 5.56. The van der Waals surface area contributed by atoms with E-state index in [1.54, 1.807) is 0 Å². The number of hydrogen-bond donors (Lipinski definition) is 0. The predicted molar refractivity (Wildman–Crippen MR) is 65.0 cm³/mol. The Morgan fingerprint density at radius 3 is 2.31 bits per heavy atom. The quantitative estimate of drug-likeness (QED) is 0.613. The molecule has 0 amide bonds. The second-order valence-electron chi connectivity index (χ2n) is 2.99. The van der Waals surface area contributed by atoms with Gasteiger partial charge in [-0.25, -0.2) is 0 Å². The normalized spacial score (nSPS) is 8.94. The number of benzene rings is 2. The van der Waals surface area contributed by atoms with Crippen molar-refractivity contribution in [1.82, 2.24) is 0 Å². The van der Waals surface area contributed by atoms with E-state index in [1.807, 2.05) is 54.6 Å². The van der Waals surface area contributed by atoms with Gasteiger partial charge in [-0.2, -0.15) is 30.3 Å². The third-order valence-electron chi connectivity index (χ3n) is 1.91. The number of para-hydroxylation sites is 1.